The number of para-hydroxylation sites is 1. The quantitative estimate of drug-likeness (QED) is 0.780. The number of ether oxygens (including phenoxy) is 3. The highest BCUT2D eigenvalue weighted by Gasteiger charge is 2.20. The lowest BCUT2D eigenvalue weighted by atomic mass is 10.1. The highest BCUT2D eigenvalue weighted by Crippen LogP contribution is 2.33. The van der Waals surface area contributed by atoms with Gasteiger partial charge in [0.25, 0.3) is 0 Å². The summed E-state index contributed by atoms with van der Waals surface area (Å²) in [6, 6.07) is 4.73. The number of hydrogen-bond donors (Lipinski definition) is 0. The van der Waals surface area contributed by atoms with Crippen molar-refractivity contribution in [1.29, 1.82) is 0 Å². The first-order valence-electron chi connectivity index (χ1n) is 7.21. The Morgan fingerprint density at radius 2 is 2.26 bits per heavy atom. The van der Waals surface area contributed by atoms with Crippen molar-refractivity contribution in [3.8, 4) is 11.5 Å². The van der Waals surface area contributed by atoms with Crippen LogP contribution in [0, 0.1) is 0 Å². The molecule has 1 amide bonds. The molecular weight excluding hydrogens is 308 g/mol. The van der Waals surface area contributed by atoms with Gasteiger partial charge in [-0.2, -0.15) is 8.78 Å². The molecule has 1 fully saturated rings. The third-order valence-corrected chi connectivity index (χ3v) is 3.39. The molecule has 1 atom stereocenters. The van der Waals surface area contributed by atoms with Gasteiger partial charge in [0.05, 0.1) is 19.8 Å². The molecule has 126 valence electrons. The van der Waals surface area contributed by atoms with E-state index in [0.29, 0.717) is 25.3 Å². The summed E-state index contributed by atoms with van der Waals surface area (Å²) in [7, 11) is 1.36. The van der Waals surface area contributed by atoms with E-state index in [1.165, 1.54) is 25.3 Å². The van der Waals surface area contributed by atoms with Crippen LogP contribution in [0.1, 0.15) is 12.5 Å². The summed E-state index contributed by atoms with van der Waals surface area (Å²) in [5.41, 5.74) is 0.347. The molecule has 1 aliphatic heterocycles. The summed E-state index contributed by atoms with van der Waals surface area (Å²) < 4.78 is 40.0. The molecule has 0 saturated carbocycles. The molecule has 0 spiro atoms. The van der Waals surface area contributed by atoms with Crippen LogP contribution >= 0.6 is 0 Å². The van der Waals surface area contributed by atoms with Gasteiger partial charge in [0.1, 0.15) is 0 Å². The molecule has 23 heavy (non-hydrogen) atoms. The molecule has 0 aromatic heterocycles. The van der Waals surface area contributed by atoms with Gasteiger partial charge >= 0.3 is 6.61 Å². The maximum Gasteiger partial charge on any atom is 0.387 e. The minimum absolute atomic E-state index is 0.0179. The largest absolute Gasteiger partial charge is 0.493 e. The Kier molecular flexibility index (Phi) is 5.92. The number of morpholine rings is 1. The lowest BCUT2D eigenvalue weighted by Crippen LogP contribution is -2.43. The third kappa shape index (κ3) is 4.66. The van der Waals surface area contributed by atoms with Gasteiger partial charge in [-0.1, -0.05) is 12.1 Å². The number of alkyl halides is 2. The number of halogens is 2. The van der Waals surface area contributed by atoms with Crippen molar-refractivity contribution < 1.29 is 27.8 Å². The number of benzene rings is 1. The van der Waals surface area contributed by atoms with E-state index in [4.69, 9.17) is 9.47 Å². The zero-order valence-corrected chi connectivity index (χ0v) is 13.0. The standard InChI is InChI=1S/C16H19F2NO4/c1-11-10-19(8-9-22-11)14(20)7-6-12-4-3-5-13(21-2)15(12)23-16(17)18/h3-7,11,16H,8-10H2,1-2H3/b7-6+. The second kappa shape index (κ2) is 7.92. The van der Waals surface area contributed by atoms with Crippen LogP contribution in [-0.4, -0.2) is 50.3 Å². The van der Waals surface area contributed by atoms with Crippen molar-refractivity contribution in [1.82, 2.24) is 4.90 Å². The number of carbonyl (C=O) groups is 1. The number of rotatable bonds is 5. The molecule has 5 nitrogen and oxygen atoms in total. The molecule has 0 N–H and O–H groups in total. The van der Waals surface area contributed by atoms with Gasteiger partial charge in [0.2, 0.25) is 5.91 Å². The lowest BCUT2D eigenvalue weighted by molar-refractivity contribution is -0.132. The van der Waals surface area contributed by atoms with Crippen molar-refractivity contribution in [2.45, 2.75) is 19.6 Å². The molecule has 7 heteroatoms. The minimum atomic E-state index is -2.98. The van der Waals surface area contributed by atoms with Crippen molar-refractivity contribution in [2.24, 2.45) is 0 Å². The average Bonchev–Trinajstić information content (AvgIpc) is 2.53. The normalized spacial score (nSPS) is 18.5. The van der Waals surface area contributed by atoms with Crippen LogP contribution in [0.3, 0.4) is 0 Å². The molecule has 1 unspecified atom stereocenters. The van der Waals surface area contributed by atoms with Gasteiger partial charge in [0, 0.05) is 24.7 Å². The third-order valence-electron chi connectivity index (χ3n) is 3.39. The Hall–Kier alpha value is -2.15. The van der Waals surface area contributed by atoms with Crippen LogP contribution in [0.2, 0.25) is 0 Å². The van der Waals surface area contributed by atoms with Crippen LogP contribution in [-0.2, 0) is 9.53 Å². The number of carbonyl (C=O) groups excluding carboxylic acids is 1. The highest BCUT2D eigenvalue weighted by atomic mass is 19.3. The average molecular weight is 327 g/mol. The van der Waals surface area contributed by atoms with Gasteiger partial charge in [-0.25, -0.2) is 0 Å². The summed E-state index contributed by atoms with van der Waals surface area (Å²) in [5.74, 6) is -0.116. The summed E-state index contributed by atoms with van der Waals surface area (Å²) in [6.45, 7) is 0.405. The Labute approximate surface area is 133 Å². The number of methoxy groups -OCH3 is 1. The van der Waals surface area contributed by atoms with Crippen molar-refractivity contribution >= 4 is 12.0 Å². The Morgan fingerprint density at radius 1 is 1.48 bits per heavy atom. The topological polar surface area (TPSA) is 48.0 Å². The lowest BCUT2D eigenvalue weighted by Gasteiger charge is -2.30. The number of hydrogen-bond acceptors (Lipinski definition) is 4. The highest BCUT2D eigenvalue weighted by molar-refractivity contribution is 5.92. The van der Waals surface area contributed by atoms with Gasteiger partial charge in [0.15, 0.2) is 11.5 Å². The summed E-state index contributed by atoms with van der Waals surface area (Å²) in [5, 5.41) is 0. The van der Waals surface area contributed by atoms with E-state index in [1.807, 2.05) is 6.92 Å². The first kappa shape index (κ1) is 17.2. The Balaban J connectivity index is 2.16. The van der Waals surface area contributed by atoms with Crippen molar-refractivity contribution in [3.63, 3.8) is 0 Å². The predicted molar refractivity (Wildman–Crippen MR) is 80.7 cm³/mol. The first-order valence-corrected chi connectivity index (χ1v) is 7.21. The molecule has 1 aliphatic rings. The SMILES string of the molecule is COc1cccc(/C=C/C(=O)N2CCOC(C)C2)c1OC(F)F. The maximum absolute atomic E-state index is 12.6. The predicted octanol–water partition coefficient (Wildman–Crippen LogP) is 2.56. The van der Waals surface area contributed by atoms with Crippen LogP contribution in [0.25, 0.3) is 6.08 Å². The molecule has 1 aromatic carbocycles. The van der Waals surface area contributed by atoms with E-state index in [2.05, 4.69) is 4.74 Å². The second-order valence-corrected chi connectivity index (χ2v) is 5.06. The fourth-order valence-corrected chi connectivity index (χ4v) is 2.33. The van der Waals surface area contributed by atoms with E-state index < -0.39 is 6.61 Å². The van der Waals surface area contributed by atoms with Crippen LogP contribution in [0.4, 0.5) is 8.78 Å². The zero-order valence-electron chi connectivity index (χ0n) is 13.0. The van der Waals surface area contributed by atoms with Gasteiger partial charge in [-0.3, -0.25) is 4.79 Å². The molecule has 2 rings (SSSR count). The second-order valence-electron chi connectivity index (χ2n) is 5.06. The molecule has 0 aliphatic carbocycles. The van der Waals surface area contributed by atoms with E-state index in [-0.39, 0.29) is 23.5 Å². The molecule has 0 bridgehead atoms. The number of nitrogens with zero attached hydrogens (tertiary/aromatic N) is 1. The van der Waals surface area contributed by atoms with E-state index in [1.54, 1.807) is 17.0 Å². The van der Waals surface area contributed by atoms with Crippen LogP contribution < -0.4 is 9.47 Å². The monoisotopic (exact) mass is 327 g/mol. The van der Waals surface area contributed by atoms with E-state index in [0.717, 1.165) is 0 Å². The van der Waals surface area contributed by atoms with Gasteiger partial charge in [-0.05, 0) is 19.1 Å². The van der Waals surface area contributed by atoms with Crippen molar-refractivity contribution in [3.05, 3.63) is 29.8 Å². The van der Waals surface area contributed by atoms with E-state index >= 15 is 0 Å². The maximum atomic E-state index is 12.6. The summed E-state index contributed by atoms with van der Waals surface area (Å²) in [4.78, 5) is 13.8. The fourth-order valence-electron chi connectivity index (χ4n) is 2.33. The van der Waals surface area contributed by atoms with Crippen LogP contribution in [0.5, 0.6) is 11.5 Å². The summed E-state index contributed by atoms with van der Waals surface area (Å²) >= 11 is 0. The Morgan fingerprint density at radius 3 is 2.91 bits per heavy atom. The molecule has 0 radical (unpaired) electrons. The summed E-state index contributed by atoms with van der Waals surface area (Å²) in [6.07, 6.45) is 2.77. The Bertz CT molecular complexity index is 577. The van der Waals surface area contributed by atoms with Gasteiger partial charge < -0.3 is 19.1 Å². The molecule has 1 aromatic rings. The zero-order chi connectivity index (χ0) is 16.8. The van der Waals surface area contributed by atoms with Crippen LogP contribution in [0.15, 0.2) is 24.3 Å². The molecular formula is C16H19F2NO4. The van der Waals surface area contributed by atoms with Gasteiger partial charge in [-0.15, -0.1) is 0 Å². The van der Waals surface area contributed by atoms with E-state index in [9.17, 15) is 13.6 Å². The molecule has 1 saturated heterocycles. The van der Waals surface area contributed by atoms with Crippen molar-refractivity contribution in [2.75, 3.05) is 26.8 Å². The number of amides is 1. The minimum Gasteiger partial charge on any atom is -0.493 e. The smallest absolute Gasteiger partial charge is 0.387 e. The fraction of sp³-hybridized carbons (Fsp3) is 0.438. The first-order chi connectivity index (χ1) is 11.0. The molecule has 1 heterocycles.